The van der Waals surface area contributed by atoms with E-state index < -0.39 is 20.1 Å². The van der Waals surface area contributed by atoms with Crippen molar-refractivity contribution in [3.63, 3.8) is 0 Å². The Labute approximate surface area is 176 Å². The Kier molecular flexibility index (Phi) is 4.57. The molecule has 1 saturated heterocycles. The Hall–Kier alpha value is -2.75. The fraction of sp³-hybridized carbons (Fsp3) is 0.238. The molecule has 2 aliphatic heterocycles. The van der Waals surface area contributed by atoms with Gasteiger partial charge in [-0.3, -0.25) is 0 Å². The fourth-order valence-electron chi connectivity index (χ4n) is 3.68. The third-order valence-corrected chi connectivity index (χ3v) is 10.7. The molecular formula is C21H21IN6O. The van der Waals surface area contributed by atoms with Crippen LogP contribution in [0.4, 0.5) is 22.0 Å². The van der Waals surface area contributed by atoms with Crippen LogP contribution >= 0.6 is 20.1 Å². The van der Waals surface area contributed by atoms with Crippen molar-refractivity contribution in [1.29, 1.82) is 0 Å². The van der Waals surface area contributed by atoms with Gasteiger partial charge in [-0.15, -0.1) is 0 Å². The Morgan fingerprint density at radius 1 is 1.14 bits per heavy atom. The summed E-state index contributed by atoms with van der Waals surface area (Å²) in [7, 11) is 0. The maximum atomic E-state index is 13.2. The average Bonchev–Trinajstić information content (AvgIpc) is 3.13. The third-order valence-electron chi connectivity index (χ3n) is 5.07. The van der Waals surface area contributed by atoms with E-state index in [0.717, 1.165) is 49.7 Å². The van der Waals surface area contributed by atoms with E-state index in [1.807, 2.05) is 41.2 Å². The number of halogens is 1. The number of urea groups is 1. The standard InChI is InChI=1S/C21H21IN6O/c1-14-5-6-17(15(2)24-14)18-7-8-19-20(26-18)28(22-9-11-27(19)13-22)21(29)25-16-4-3-10-23-12-16/h3-8,10,12H,9,11,13H2,1-2H3,(H,25,29). The minimum atomic E-state index is -1.67. The van der Waals surface area contributed by atoms with Crippen LogP contribution in [0, 0.1) is 13.8 Å². The molecule has 3 aromatic rings. The number of hydrogen-bond donors (Lipinski definition) is 1. The van der Waals surface area contributed by atoms with Crippen LogP contribution in [0.15, 0.2) is 48.8 Å². The number of rotatable bonds is 2. The quantitative estimate of drug-likeness (QED) is 0.244. The summed E-state index contributed by atoms with van der Waals surface area (Å²) < 4.78 is 4.04. The summed E-state index contributed by atoms with van der Waals surface area (Å²) in [5.74, 6) is 0.776. The van der Waals surface area contributed by atoms with E-state index in [2.05, 4.69) is 32.3 Å². The van der Waals surface area contributed by atoms with E-state index in [9.17, 15) is 4.79 Å². The normalized spacial score (nSPS) is 16.0. The van der Waals surface area contributed by atoms with E-state index in [1.165, 1.54) is 0 Å². The van der Waals surface area contributed by atoms with Crippen molar-refractivity contribution in [2.45, 2.75) is 13.8 Å². The number of carbonyl (C=O) groups is 1. The number of anilines is 3. The van der Waals surface area contributed by atoms with Crippen LogP contribution in [-0.4, -0.2) is 36.5 Å². The van der Waals surface area contributed by atoms with E-state index in [1.54, 1.807) is 12.4 Å². The fourth-order valence-corrected chi connectivity index (χ4v) is 9.34. The Bertz CT molecular complexity index is 1090. The number of amides is 2. The van der Waals surface area contributed by atoms with E-state index in [-0.39, 0.29) is 6.03 Å². The van der Waals surface area contributed by atoms with Gasteiger partial charge in [0.1, 0.15) is 0 Å². The number of fused-ring (bicyclic) bond motifs is 4. The Balaban J connectivity index is 1.55. The first-order valence-electron chi connectivity index (χ1n) is 9.44. The van der Waals surface area contributed by atoms with Crippen LogP contribution in [0.3, 0.4) is 0 Å². The Morgan fingerprint density at radius 2 is 2.03 bits per heavy atom. The zero-order valence-corrected chi connectivity index (χ0v) is 18.4. The zero-order valence-electron chi connectivity index (χ0n) is 16.3. The van der Waals surface area contributed by atoms with Crippen LogP contribution in [-0.2, 0) is 0 Å². The Morgan fingerprint density at radius 3 is 2.83 bits per heavy atom. The molecular weight excluding hydrogens is 479 g/mol. The molecule has 1 fully saturated rings. The van der Waals surface area contributed by atoms with Crippen molar-refractivity contribution in [1.82, 2.24) is 15.0 Å². The second kappa shape index (κ2) is 7.25. The number of pyridine rings is 3. The first-order chi connectivity index (χ1) is 14.1. The molecule has 0 radical (unpaired) electrons. The molecule has 0 aliphatic carbocycles. The van der Waals surface area contributed by atoms with Gasteiger partial charge in [0.25, 0.3) is 0 Å². The summed E-state index contributed by atoms with van der Waals surface area (Å²) in [5, 5.41) is 3.01. The van der Waals surface area contributed by atoms with E-state index >= 15 is 0 Å². The number of alkyl halides is 2. The number of hydrogen-bond acceptors (Lipinski definition) is 5. The van der Waals surface area contributed by atoms with Gasteiger partial charge >= 0.3 is 177 Å². The first kappa shape index (κ1) is 18.3. The molecule has 2 aliphatic rings. The second-order valence-electron chi connectivity index (χ2n) is 7.08. The second-order valence-corrected chi connectivity index (χ2v) is 12.2. The molecule has 148 valence electrons. The summed E-state index contributed by atoms with van der Waals surface area (Å²) in [5.41, 5.74) is 5.53. The monoisotopic (exact) mass is 500 g/mol. The third kappa shape index (κ3) is 3.31. The van der Waals surface area contributed by atoms with Crippen LogP contribution in [0.1, 0.15) is 11.4 Å². The molecule has 29 heavy (non-hydrogen) atoms. The summed E-state index contributed by atoms with van der Waals surface area (Å²) in [4.78, 5) is 29.2. The van der Waals surface area contributed by atoms with E-state index in [4.69, 9.17) is 4.98 Å². The van der Waals surface area contributed by atoms with Crippen molar-refractivity contribution < 1.29 is 4.79 Å². The topological polar surface area (TPSA) is 74.2 Å². The van der Waals surface area contributed by atoms with Gasteiger partial charge in [-0.2, -0.15) is 0 Å². The molecule has 3 aromatic heterocycles. The predicted molar refractivity (Wildman–Crippen MR) is 124 cm³/mol. The SMILES string of the molecule is Cc1ccc(-c2ccc3c(n2)N(C(=O)Nc2cccnc2)I2CCN3C2)c(C)n1. The number of nitrogens with one attached hydrogen (secondary N) is 1. The minimum absolute atomic E-state index is 0.102. The average molecular weight is 500 g/mol. The van der Waals surface area contributed by atoms with E-state index in [0.29, 0.717) is 5.69 Å². The number of nitrogens with zero attached hydrogens (tertiary/aromatic N) is 5. The van der Waals surface area contributed by atoms with Gasteiger partial charge in [-0.25, -0.2) is 0 Å². The molecule has 2 amide bonds. The van der Waals surface area contributed by atoms with Crippen molar-refractivity contribution >= 4 is 43.3 Å². The van der Waals surface area contributed by atoms with Crippen molar-refractivity contribution in [3.05, 3.63) is 60.2 Å². The molecule has 0 spiro atoms. The van der Waals surface area contributed by atoms with Crippen LogP contribution < -0.4 is 13.3 Å². The molecule has 7 nitrogen and oxygen atoms in total. The van der Waals surface area contributed by atoms with Gasteiger partial charge in [0.05, 0.1) is 0 Å². The molecule has 0 saturated carbocycles. The van der Waals surface area contributed by atoms with Gasteiger partial charge in [0.15, 0.2) is 0 Å². The molecule has 0 aromatic carbocycles. The number of aryl methyl sites for hydroxylation is 2. The van der Waals surface area contributed by atoms with Crippen LogP contribution in [0.25, 0.3) is 11.3 Å². The summed E-state index contributed by atoms with van der Waals surface area (Å²) in [6.45, 7) is 4.99. The molecule has 5 heterocycles. The van der Waals surface area contributed by atoms with Gasteiger partial charge in [0.2, 0.25) is 0 Å². The number of carbonyl (C=O) groups excluding carboxylic acids is 1. The van der Waals surface area contributed by atoms with Crippen molar-refractivity contribution in [3.8, 4) is 11.3 Å². The summed E-state index contributed by atoms with van der Waals surface area (Å²) in [6.07, 6.45) is 3.36. The summed E-state index contributed by atoms with van der Waals surface area (Å²) >= 11 is -1.67. The molecule has 5 rings (SSSR count). The molecule has 2 bridgehead atoms. The number of aromatic nitrogens is 3. The van der Waals surface area contributed by atoms with Crippen LogP contribution in [0.5, 0.6) is 0 Å². The van der Waals surface area contributed by atoms with Gasteiger partial charge in [-0.1, -0.05) is 0 Å². The van der Waals surface area contributed by atoms with Crippen LogP contribution in [0.2, 0.25) is 0 Å². The first-order valence-corrected chi connectivity index (χ1v) is 13.5. The zero-order chi connectivity index (χ0) is 20.0. The molecule has 1 N–H and O–H groups in total. The molecule has 0 atom stereocenters. The van der Waals surface area contributed by atoms with Gasteiger partial charge < -0.3 is 0 Å². The molecule has 0 unspecified atom stereocenters. The van der Waals surface area contributed by atoms with Gasteiger partial charge in [0, 0.05) is 0 Å². The van der Waals surface area contributed by atoms with Crippen molar-refractivity contribution in [2.75, 3.05) is 28.9 Å². The maximum absolute atomic E-state index is 13.2. The summed E-state index contributed by atoms with van der Waals surface area (Å²) in [6, 6.07) is 11.8. The predicted octanol–water partition coefficient (Wildman–Crippen LogP) is 4.41. The van der Waals surface area contributed by atoms with Crippen molar-refractivity contribution in [2.24, 2.45) is 0 Å². The van der Waals surface area contributed by atoms with Gasteiger partial charge in [-0.05, 0) is 0 Å². The molecule has 8 heteroatoms.